The molecular formula is C11H15ClO2. The van der Waals surface area contributed by atoms with Gasteiger partial charge in [-0.05, 0) is 19.9 Å². The molecule has 0 fully saturated rings. The van der Waals surface area contributed by atoms with E-state index < -0.39 is 11.5 Å². The topological polar surface area (TPSA) is 29.5 Å². The highest BCUT2D eigenvalue weighted by Crippen LogP contribution is 2.32. The standard InChI is InChI=1S/C11H15ClO2/c1-7-4-5-10(14-3)9(6-7)11(12)8(2)13/h4-6,8,11,13H,1-3H3. The predicted octanol–water partition coefficient (Wildman–Crippen LogP) is 2.66. The number of rotatable bonds is 3. The highest BCUT2D eigenvalue weighted by atomic mass is 35.5. The summed E-state index contributed by atoms with van der Waals surface area (Å²) in [6.07, 6.45) is -0.590. The molecule has 0 saturated carbocycles. The molecule has 0 aliphatic rings. The predicted molar refractivity (Wildman–Crippen MR) is 58.0 cm³/mol. The van der Waals surface area contributed by atoms with E-state index in [1.807, 2.05) is 25.1 Å². The van der Waals surface area contributed by atoms with Crippen molar-refractivity contribution in [2.24, 2.45) is 0 Å². The number of ether oxygens (including phenoxy) is 1. The molecular weight excluding hydrogens is 200 g/mol. The summed E-state index contributed by atoms with van der Waals surface area (Å²) >= 11 is 6.07. The van der Waals surface area contributed by atoms with E-state index in [0.29, 0.717) is 0 Å². The summed E-state index contributed by atoms with van der Waals surface area (Å²) in [6, 6.07) is 5.75. The van der Waals surface area contributed by atoms with Gasteiger partial charge in [-0.1, -0.05) is 17.7 Å². The van der Waals surface area contributed by atoms with Crippen molar-refractivity contribution in [1.29, 1.82) is 0 Å². The summed E-state index contributed by atoms with van der Waals surface area (Å²) < 4.78 is 5.18. The third-order valence-electron chi connectivity index (χ3n) is 2.11. The molecule has 0 bridgehead atoms. The summed E-state index contributed by atoms with van der Waals surface area (Å²) in [5.41, 5.74) is 1.94. The van der Waals surface area contributed by atoms with Crippen LogP contribution < -0.4 is 4.74 Å². The fourth-order valence-corrected chi connectivity index (χ4v) is 1.50. The van der Waals surface area contributed by atoms with Crippen LogP contribution in [0.15, 0.2) is 18.2 Å². The molecule has 0 spiro atoms. The van der Waals surface area contributed by atoms with Gasteiger partial charge >= 0.3 is 0 Å². The largest absolute Gasteiger partial charge is 0.496 e. The van der Waals surface area contributed by atoms with Gasteiger partial charge in [-0.3, -0.25) is 0 Å². The van der Waals surface area contributed by atoms with E-state index in [9.17, 15) is 5.11 Å². The van der Waals surface area contributed by atoms with Gasteiger partial charge in [0.1, 0.15) is 5.75 Å². The van der Waals surface area contributed by atoms with Crippen molar-refractivity contribution >= 4 is 11.6 Å². The van der Waals surface area contributed by atoms with E-state index in [4.69, 9.17) is 16.3 Å². The second-order valence-electron chi connectivity index (χ2n) is 3.39. The van der Waals surface area contributed by atoms with Crippen molar-refractivity contribution in [2.45, 2.75) is 25.3 Å². The van der Waals surface area contributed by atoms with Crippen LogP contribution in [0.1, 0.15) is 23.4 Å². The van der Waals surface area contributed by atoms with E-state index >= 15 is 0 Å². The zero-order chi connectivity index (χ0) is 10.7. The number of aliphatic hydroxyl groups excluding tert-OH is 1. The minimum atomic E-state index is -0.590. The van der Waals surface area contributed by atoms with Crippen molar-refractivity contribution in [2.75, 3.05) is 7.11 Å². The molecule has 2 atom stereocenters. The Morgan fingerprint density at radius 2 is 2.07 bits per heavy atom. The number of aryl methyl sites for hydroxylation is 1. The first-order valence-corrected chi connectivity index (χ1v) is 4.96. The summed E-state index contributed by atoms with van der Waals surface area (Å²) in [7, 11) is 1.60. The first-order valence-electron chi connectivity index (χ1n) is 4.53. The van der Waals surface area contributed by atoms with Crippen LogP contribution in [0.4, 0.5) is 0 Å². The highest BCUT2D eigenvalue weighted by Gasteiger charge is 2.18. The van der Waals surface area contributed by atoms with Crippen LogP contribution in [0.25, 0.3) is 0 Å². The lowest BCUT2D eigenvalue weighted by Gasteiger charge is -2.16. The maximum absolute atomic E-state index is 9.40. The summed E-state index contributed by atoms with van der Waals surface area (Å²) in [4.78, 5) is 0. The van der Waals surface area contributed by atoms with Gasteiger partial charge in [-0.25, -0.2) is 0 Å². The number of methoxy groups -OCH3 is 1. The van der Waals surface area contributed by atoms with Crippen molar-refractivity contribution in [1.82, 2.24) is 0 Å². The van der Waals surface area contributed by atoms with Crippen LogP contribution in [0.5, 0.6) is 5.75 Å². The third kappa shape index (κ3) is 2.40. The SMILES string of the molecule is COc1ccc(C)cc1C(Cl)C(C)O. The summed E-state index contributed by atoms with van der Waals surface area (Å²) in [5.74, 6) is 0.719. The Morgan fingerprint density at radius 1 is 1.43 bits per heavy atom. The van der Waals surface area contributed by atoms with Crippen LogP contribution in [-0.4, -0.2) is 18.3 Å². The van der Waals surface area contributed by atoms with Crippen molar-refractivity contribution in [3.63, 3.8) is 0 Å². The maximum Gasteiger partial charge on any atom is 0.123 e. The van der Waals surface area contributed by atoms with Gasteiger partial charge in [0.25, 0.3) is 0 Å². The first kappa shape index (κ1) is 11.3. The van der Waals surface area contributed by atoms with E-state index in [2.05, 4.69) is 0 Å². The van der Waals surface area contributed by atoms with E-state index in [1.54, 1.807) is 14.0 Å². The molecule has 0 radical (unpaired) electrons. The number of aliphatic hydroxyl groups is 1. The molecule has 1 aromatic rings. The van der Waals surface area contributed by atoms with Crippen molar-refractivity contribution < 1.29 is 9.84 Å². The second kappa shape index (κ2) is 4.67. The van der Waals surface area contributed by atoms with Gasteiger partial charge in [-0.2, -0.15) is 0 Å². The molecule has 0 amide bonds. The van der Waals surface area contributed by atoms with Gasteiger partial charge in [0.15, 0.2) is 0 Å². The smallest absolute Gasteiger partial charge is 0.123 e. The minimum Gasteiger partial charge on any atom is -0.496 e. The number of halogens is 1. The lowest BCUT2D eigenvalue weighted by molar-refractivity contribution is 0.188. The third-order valence-corrected chi connectivity index (χ3v) is 2.71. The van der Waals surface area contributed by atoms with Gasteiger partial charge in [-0.15, -0.1) is 11.6 Å². The Morgan fingerprint density at radius 3 is 2.57 bits per heavy atom. The average Bonchev–Trinajstić information content (AvgIpc) is 2.16. The van der Waals surface area contributed by atoms with Gasteiger partial charge in [0.2, 0.25) is 0 Å². The van der Waals surface area contributed by atoms with Crippen LogP contribution in [0.3, 0.4) is 0 Å². The molecule has 0 aromatic heterocycles. The molecule has 14 heavy (non-hydrogen) atoms. The molecule has 0 saturated heterocycles. The van der Waals surface area contributed by atoms with Gasteiger partial charge in [0, 0.05) is 5.56 Å². The molecule has 0 aliphatic heterocycles. The molecule has 0 aliphatic carbocycles. The Hall–Kier alpha value is -0.730. The van der Waals surface area contributed by atoms with Crippen LogP contribution >= 0.6 is 11.6 Å². The van der Waals surface area contributed by atoms with Crippen LogP contribution in [-0.2, 0) is 0 Å². The minimum absolute atomic E-state index is 0.426. The second-order valence-corrected chi connectivity index (χ2v) is 3.86. The first-order chi connectivity index (χ1) is 6.56. The number of benzene rings is 1. The Kier molecular flexibility index (Phi) is 3.78. The van der Waals surface area contributed by atoms with Crippen LogP contribution in [0, 0.1) is 6.92 Å². The zero-order valence-corrected chi connectivity index (χ0v) is 9.38. The molecule has 2 unspecified atom stereocenters. The zero-order valence-electron chi connectivity index (χ0n) is 8.62. The molecule has 1 N–H and O–H groups in total. The Balaban J connectivity index is 3.10. The average molecular weight is 215 g/mol. The van der Waals surface area contributed by atoms with Gasteiger partial charge in [0.05, 0.1) is 18.6 Å². The Labute approximate surface area is 89.5 Å². The van der Waals surface area contributed by atoms with E-state index in [-0.39, 0.29) is 0 Å². The van der Waals surface area contributed by atoms with Crippen LogP contribution in [0.2, 0.25) is 0 Å². The van der Waals surface area contributed by atoms with E-state index in [0.717, 1.165) is 16.9 Å². The van der Waals surface area contributed by atoms with E-state index in [1.165, 1.54) is 0 Å². The maximum atomic E-state index is 9.40. The molecule has 2 nitrogen and oxygen atoms in total. The molecule has 78 valence electrons. The van der Waals surface area contributed by atoms with Crippen molar-refractivity contribution in [3.8, 4) is 5.75 Å². The molecule has 3 heteroatoms. The lowest BCUT2D eigenvalue weighted by Crippen LogP contribution is -2.10. The molecule has 0 heterocycles. The number of hydrogen-bond donors (Lipinski definition) is 1. The highest BCUT2D eigenvalue weighted by molar-refractivity contribution is 6.21. The quantitative estimate of drug-likeness (QED) is 0.784. The normalized spacial score (nSPS) is 14.9. The molecule has 1 aromatic carbocycles. The fourth-order valence-electron chi connectivity index (χ4n) is 1.33. The summed E-state index contributed by atoms with van der Waals surface area (Å²) in [5, 5.41) is 8.97. The monoisotopic (exact) mass is 214 g/mol. The fraction of sp³-hybridized carbons (Fsp3) is 0.455. The lowest BCUT2D eigenvalue weighted by atomic mass is 10.0. The number of alkyl halides is 1. The Bertz CT molecular complexity index is 310. The van der Waals surface area contributed by atoms with Crippen molar-refractivity contribution in [3.05, 3.63) is 29.3 Å². The summed E-state index contributed by atoms with van der Waals surface area (Å²) in [6.45, 7) is 3.65. The molecule has 1 rings (SSSR count). The number of hydrogen-bond acceptors (Lipinski definition) is 2. The van der Waals surface area contributed by atoms with Gasteiger partial charge < -0.3 is 9.84 Å².